The molecule has 0 unspecified atom stereocenters. The second-order valence-electron chi connectivity index (χ2n) is 3.80. The molecule has 1 heterocycles. The topological polar surface area (TPSA) is 72.2 Å². The van der Waals surface area contributed by atoms with Crippen molar-refractivity contribution in [3.8, 4) is 0 Å². The molecule has 1 aromatic heterocycles. The molecule has 0 aliphatic carbocycles. The van der Waals surface area contributed by atoms with E-state index in [-0.39, 0.29) is 15.9 Å². The Morgan fingerprint density at radius 3 is 2.55 bits per heavy atom. The van der Waals surface area contributed by atoms with Gasteiger partial charge in [0.1, 0.15) is 11.6 Å². The Morgan fingerprint density at radius 2 is 1.95 bits per heavy atom. The van der Waals surface area contributed by atoms with Gasteiger partial charge in [0.25, 0.3) is 10.0 Å². The fourth-order valence-electron chi connectivity index (χ4n) is 1.41. The van der Waals surface area contributed by atoms with E-state index in [1.807, 2.05) is 4.72 Å². The number of nitrogens with one attached hydrogen (secondary N) is 1. The van der Waals surface area contributed by atoms with Gasteiger partial charge < -0.3 is 5.73 Å². The number of anilines is 1. The van der Waals surface area contributed by atoms with E-state index in [0.717, 1.165) is 12.1 Å². The highest BCUT2D eigenvalue weighted by Crippen LogP contribution is 2.26. The maximum atomic E-state index is 13.6. The molecule has 0 aliphatic rings. The van der Waals surface area contributed by atoms with Crippen LogP contribution in [0.5, 0.6) is 0 Å². The van der Waals surface area contributed by atoms with Crippen LogP contribution >= 0.6 is 27.3 Å². The van der Waals surface area contributed by atoms with E-state index < -0.39 is 27.3 Å². The summed E-state index contributed by atoms with van der Waals surface area (Å²) in [6, 6.07) is 3.01. The van der Waals surface area contributed by atoms with Crippen LogP contribution < -0.4 is 10.5 Å². The summed E-state index contributed by atoms with van der Waals surface area (Å²) in [4.78, 5) is 0.638. The van der Waals surface area contributed by atoms with Crippen molar-refractivity contribution in [2.45, 2.75) is 11.4 Å². The minimum atomic E-state index is -3.97. The molecule has 108 valence electrons. The highest BCUT2D eigenvalue weighted by molar-refractivity contribution is 9.10. The Balaban J connectivity index is 2.35. The second kappa shape index (κ2) is 5.76. The molecule has 2 rings (SSSR count). The minimum Gasteiger partial charge on any atom is -0.326 e. The van der Waals surface area contributed by atoms with Crippen LogP contribution in [0.3, 0.4) is 0 Å². The largest absolute Gasteiger partial charge is 0.326 e. The van der Waals surface area contributed by atoms with Crippen molar-refractivity contribution in [2.24, 2.45) is 5.73 Å². The van der Waals surface area contributed by atoms with Crippen molar-refractivity contribution in [1.29, 1.82) is 0 Å². The summed E-state index contributed by atoms with van der Waals surface area (Å²) in [5.41, 5.74) is 4.95. The van der Waals surface area contributed by atoms with E-state index in [0.29, 0.717) is 4.88 Å². The van der Waals surface area contributed by atoms with E-state index in [4.69, 9.17) is 5.73 Å². The lowest BCUT2D eigenvalue weighted by atomic mass is 10.3. The van der Waals surface area contributed by atoms with Crippen LogP contribution in [0.15, 0.2) is 32.9 Å². The average Bonchev–Trinajstić information content (AvgIpc) is 2.85. The van der Waals surface area contributed by atoms with Crippen molar-refractivity contribution >= 4 is 43.0 Å². The van der Waals surface area contributed by atoms with Gasteiger partial charge in [0.15, 0.2) is 0 Å². The first-order valence-electron chi connectivity index (χ1n) is 5.28. The zero-order chi connectivity index (χ0) is 14.9. The van der Waals surface area contributed by atoms with Gasteiger partial charge in [0.2, 0.25) is 0 Å². The van der Waals surface area contributed by atoms with Gasteiger partial charge in [-0.15, -0.1) is 11.3 Å². The van der Waals surface area contributed by atoms with Gasteiger partial charge in [-0.2, -0.15) is 0 Å². The van der Waals surface area contributed by atoms with Gasteiger partial charge in [-0.05, 0) is 28.1 Å². The molecule has 0 aliphatic heterocycles. The fraction of sp³-hybridized carbons (Fsp3) is 0.0909. The van der Waals surface area contributed by atoms with Crippen LogP contribution in [0.4, 0.5) is 14.5 Å². The zero-order valence-corrected chi connectivity index (χ0v) is 13.1. The summed E-state index contributed by atoms with van der Waals surface area (Å²) in [5.74, 6) is -1.65. The lowest BCUT2D eigenvalue weighted by molar-refractivity contribution is 0.592. The van der Waals surface area contributed by atoms with Crippen molar-refractivity contribution in [2.75, 3.05) is 4.72 Å². The SMILES string of the molecule is NCc1cc(S(=O)(=O)Nc2cc(F)c(Br)cc2F)cs1. The van der Waals surface area contributed by atoms with Crippen LogP contribution in [0.2, 0.25) is 0 Å². The molecular weight excluding hydrogens is 374 g/mol. The average molecular weight is 383 g/mol. The molecule has 0 saturated heterocycles. The monoisotopic (exact) mass is 382 g/mol. The number of benzene rings is 1. The number of sulfonamides is 1. The molecular formula is C11H9BrF2N2O2S2. The molecule has 4 nitrogen and oxygen atoms in total. The number of rotatable bonds is 4. The number of hydrogen-bond acceptors (Lipinski definition) is 4. The lowest BCUT2D eigenvalue weighted by Gasteiger charge is -2.08. The Kier molecular flexibility index (Phi) is 4.43. The maximum Gasteiger partial charge on any atom is 0.262 e. The van der Waals surface area contributed by atoms with E-state index in [2.05, 4.69) is 15.9 Å². The first-order valence-corrected chi connectivity index (χ1v) is 8.44. The first kappa shape index (κ1) is 15.4. The van der Waals surface area contributed by atoms with Gasteiger partial charge in [-0.25, -0.2) is 17.2 Å². The van der Waals surface area contributed by atoms with Crippen LogP contribution in [0, 0.1) is 11.6 Å². The third-order valence-electron chi connectivity index (χ3n) is 2.40. The van der Waals surface area contributed by atoms with E-state index in [9.17, 15) is 17.2 Å². The predicted molar refractivity (Wildman–Crippen MR) is 77.1 cm³/mol. The van der Waals surface area contributed by atoms with Crippen LogP contribution in [0.1, 0.15) is 4.88 Å². The quantitative estimate of drug-likeness (QED) is 0.798. The second-order valence-corrected chi connectivity index (χ2v) is 7.34. The van der Waals surface area contributed by atoms with Gasteiger partial charge in [-0.1, -0.05) is 0 Å². The molecule has 3 N–H and O–H groups in total. The molecule has 9 heteroatoms. The Labute approximate surface area is 126 Å². The highest BCUT2D eigenvalue weighted by atomic mass is 79.9. The summed E-state index contributed by atoms with van der Waals surface area (Å²) in [6.07, 6.45) is 0. The molecule has 0 amide bonds. The fourth-order valence-corrected chi connectivity index (χ4v) is 3.94. The Hall–Kier alpha value is -1.03. The number of nitrogens with two attached hydrogens (primary N) is 1. The third kappa shape index (κ3) is 3.17. The van der Waals surface area contributed by atoms with E-state index in [1.54, 1.807) is 0 Å². The van der Waals surface area contributed by atoms with Gasteiger partial charge in [0, 0.05) is 22.9 Å². The smallest absolute Gasteiger partial charge is 0.262 e. The van der Waals surface area contributed by atoms with Crippen molar-refractivity contribution in [1.82, 2.24) is 0 Å². The van der Waals surface area contributed by atoms with Crippen molar-refractivity contribution < 1.29 is 17.2 Å². The Bertz CT molecular complexity index is 747. The molecule has 0 atom stereocenters. The van der Waals surface area contributed by atoms with Gasteiger partial charge in [0.05, 0.1) is 15.1 Å². The molecule has 1 aromatic carbocycles. The molecule has 2 aromatic rings. The molecule has 0 saturated carbocycles. The zero-order valence-electron chi connectivity index (χ0n) is 9.86. The van der Waals surface area contributed by atoms with Gasteiger partial charge >= 0.3 is 0 Å². The molecule has 0 bridgehead atoms. The molecule has 20 heavy (non-hydrogen) atoms. The first-order chi connectivity index (χ1) is 9.33. The number of halogens is 3. The summed E-state index contributed by atoms with van der Waals surface area (Å²) < 4.78 is 52.9. The van der Waals surface area contributed by atoms with Gasteiger partial charge in [-0.3, -0.25) is 4.72 Å². The summed E-state index contributed by atoms with van der Waals surface area (Å²) in [5, 5.41) is 1.39. The summed E-state index contributed by atoms with van der Waals surface area (Å²) >= 11 is 3.99. The lowest BCUT2D eigenvalue weighted by Crippen LogP contribution is -2.13. The number of thiophene rings is 1. The van der Waals surface area contributed by atoms with E-state index >= 15 is 0 Å². The third-order valence-corrected chi connectivity index (χ3v) is 5.46. The minimum absolute atomic E-state index is 0.0364. The molecule has 0 spiro atoms. The van der Waals surface area contributed by atoms with Crippen molar-refractivity contribution in [3.05, 3.63) is 44.6 Å². The predicted octanol–water partition coefficient (Wildman–Crippen LogP) is 3.05. The van der Waals surface area contributed by atoms with Crippen LogP contribution in [0.25, 0.3) is 0 Å². The van der Waals surface area contributed by atoms with Crippen molar-refractivity contribution in [3.63, 3.8) is 0 Å². The Morgan fingerprint density at radius 1 is 1.25 bits per heavy atom. The molecule has 0 radical (unpaired) electrons. The van der Waals surface area contributed by atoms with Crippen LogP contribution in [-0.2, 0) is 16.6 Å². The van der Waals surface area contributed by atoms with E-state index in [1.165, 1.54) is 22.8 Å². The maximum absolute atomic E-state index is 13.6. The normalized spacial score (nSPS) is 11.6. The summed E-state index contributed by atoms with van der Waals surface area (Å²) in [6.45, 7) is 0.210. The summed E-state index contributed by atoms with van der Waals surface area (Å²) in [7, 11) is -3.97. The standard InChI is InChI=1S/C11H9BrF2N2O2S2/c12-8-2-10(14)11(3-9(8)13)16-20(17,18)7-1-6(4-15)19-5-7/h1-3,5,16H,4,15H2. The highest BCUT2D eigenvalue weighted by Gasteiger charge is 2.19. The number of hydrogen-bond donors (Lipinski definition) is 2. The molecule has 0 fully saturated rings. The van der Waals surface area contributed by atoms with Crippen LogP contribution in [-0.4, -0.2) is 8.42 Å².